The molecular formula is C14H16N4O2. The molecule has 1 unspecified atom stereocenters. The predicted octanol–water partition coefficient (Wildman–Crippen LogP) is 0.864. The lowest BCUT2D eigenvalue weighted by atomic mass is 10.1. The van der Waals surface area contributed by atoms with Gasteiger partial charge in [-0.2, -0.15) is 5.10 Å². The van der Waals surface area contributed by atoms with E-state index >= 15 is 0 Å². The van der Waals surface area contributed by atoms with Gasteiger partial charge >= 0.3 is 0 Å². The van der Waals surface area contributed by atoms with E-state index in [9.17, 15) is 9.90 Å². The third-order valence-corrected chi connectivity index (χ3v) is 3.48. The SMILES string of the molecule is O=C(c1ccc(-n2cncn2)cc1)N1CCCC(O)C1. The molecule has 6 heteroatoms. The largest absolute Gasteiger partial charge is 0.391 e. The highest BCUT2D eigenvalue weighted by atomic mass is 16.3. The number of piperidine rings is 1. The molecule has 1 aromatic carbocycles. The maximum Gasteiger partial charge on any atom is 0.253 e. The molecule has 1 N–H and O–H groups in total. The van der Waals surface area contributed by atoms with Crippen LogP contribution in [0.1, 0.15) is 23.2 Å². The summed E-state index contributed by atoms with van der Waals surface area (Å²) in [5.74, 6) is -0.0334. The second-order valence-electron chi connectivity index (χ2n) is 4.93. The van der Waals surface area contributed by atoms with Crippen LogP contribution in [0.25, 0.3) is 5.69 Å². The van der Waals surface area contributed by atoms with Gasteiger partial charge in [-0.15, -0.1) is 0 Å². The molecule has 1 amide bonds. The van der Waals surface area contributed by atoms with Crippen LogP contribution in [0.3, 0.4) is 0 Å². The van der Waals surface area contributed by atoms with Crippen LogP contribution >= 0.6 is 0 Å². The number of aromatic nitrogens is 3. The first-order valence-electron chi connectivity index (χ1n) is 6.66. The summed E-state index contributed by atoms with van der Waals surface area (Å²) in [7, 11) is 0. The number of β-amino-alcohol motifs (C(OH)–C–C–N with tert-alkyl or cyclic N) is 1. The molecule has 0 radical (unpaired) electrons. The summed E-state index contributed by atoms with van der Waals surface area (Å²) in [4.78, 5) is 17.9. The number of carbonyl (C=O) groups excluding carboxylic acids is 1. The Bertz CT molecular complexity index is 580. The second kappa shape index (κ2) is 5.42. The predicted molar refractivity (Wildman–Crippen MR) is 72.5 cm³/mol. The Morgan fingerprint density at radius 1 is 1.30 bits per heavy atom. The standard InChI is InChI=1S/C14H16N4O2/c19-13-2-1-7-17(8-13)14(20)11-3-5-12(6-4-11)18-10-15-9-16-18/h3-6,9-10,13,19H,1-2,7-8H2. The molecule has 1 saturated heterocycles. The van der Waals surface area contributed by atoms with Gasteiger partial charge in [-0.25, -0.2) is 9.67 Å². The van der Waals surface area contributed by atoms with Crippen LogP contribution in [0.15, 0.2) is 36.9 Å². The van der Waals surface area contributed by atoms with E-state index < -0.39 is 6.10 Å². The normalized spacial score (nSPS) is 19.1. The highest BCUT2D eigenvalue weighted by Gasteiger charge is 2.22. The molecule has 6 nitrogen and oxygen atoms in total. The Morgan fingerprint density at radius 3 is 2.75 bits per heavy atom. The minimum atomic E-state index is -0.401. The van der Waals surface area contributed by atoms with E-state index in [0.29, 0.717) is 18.7 Å². The van der Waals surface area contributed by atoms with E-state index in [-0.39, 0.29) is 5.91 Å². The minimum absolute atomic E-state index is 0.0334. The quantitative estimate of drug-likeness (QED) is 0.880. The maximum atomic E-state index is 12.3. The first-order chi connectivity index (χ1) is 9.74. The summed E-state index contributed by atoms with van der Waals surface area (Å²) in [6, 6.07) is 7.23. The molecule has 1 aliphatic heterocycles. The number of hydrogen-bond donors (Lipinski definition) is 1. The van der Waals surface area contributed by atoms with Gasteiger partial charge in [0.25, 0.3) is 5.91 Å². The lowest BCUT2D eigenvalue weighted by Gasteiger charge is -2.30. The maximum absolute atomic E-state index is 12.3. The number of carbonyl (C=O) groups is 1. The second-order valence-corrected chi connectivity index (χ2v) is 4.93. The van der Waals surface area contributed by atoms with Crippen LogP contribution in [0.5, 0.6) is 0 Å². The fourth-order valence-corrected chi connectivity index (χ4v) is 2.42. The van der Waals surface area contributed by atoms with Gasteiger partial charge in [-0.05, 0) is 37.1 Å². The average molecular weight is 272 g/mol. The van der Waals surface area contributed by atoms with Gasteiger partial charge in [0.05, 0.1) is 11.8 Å². The Balaban J connectivity index is 1.75. The number of nitrogens with zero attached hydrogens (tertiary/aromatic N) is 4. The molecule has 1 atom stereocenters. The molecule has 2 aromatic rings. The van der Waals surface area contributed by atoms with E-state index in [1.807, 2.05) is 12.1 Å². The van der Waals surface area contributed by atoms with Gasteiger partial charge in [0, 0.05) is 18.7 Å². The summed E-state index contributed by atoms with van der Waals surface area (Å²) in [6.45, 7) is 1.13. The van der Waals surface area contributed by atoms with E-state index in [0.717, 1.165) is 18.5 Å². The number of benzene rings is 1. The summed E-state index contributed by atoms with van der Waals surface area (Å²) in [5.41, 5.74) is 1.49. The van der Waals surface area contributed by atoms with E-state index in [1.54, 1.807) is 28.0 Å². The summed E-state index contributed by atoms with van der Waals surface area (Å²) in [5, 5.41) is 13.7. The van der Waals surface area contributed by atoms with Gasteiger partial charge in [0.15, 0.2) is 0 Å². The third kappa shape index (κ3) is 2.55. The highest BCUT2D eigenvalue weighted by molar-refractivity contribution is 5.94. The van der Waals surface area contributed by atoms with Crippen molar-refractivity contribution in [2.45, 2.75) is 18.9 Å². The molecule has 1 aromatic heterocycles. The fourth-order valence-electron chi connectivity index (χ4n) is 2.42. The number of rotatable bonds is 2. The summed E-state index contributed by atoms with van der Waals surface area (Å²) in [6.07, 6.45) is 4.30. The Kier molecular flexibility index (Phi) is 3.47. The molecule has 1 fully saturated rings. The summed E-state index contributed by atoms with van der Waals surface area (Å²) >= 11 is 0. The van der Waals surface area contributed by atoms with Crippen molar-refractivity contribution in [2.75, 3.05) is 13.1 Å². The Morgan fingerprint density at radius 2 is 2.10 bits per heavy atom. The van der Waals surface area contributed by atoms with Gasteiger partial charge < -0.3 is 10.0 Å². The first kappa shape index (κ1) is 12.8. The van der Waals surface area contributed by atoms with E-state index in [4.69, 9.17) is 0 Å². The van der Waals surface area contributed by atoms with Crippen LogP contribution in [0, 0.1) is 0 Å². The number of aliphatic hydroxyl groups excluding tert-OH is 1. The first-order valence-corrected chi connectivity index (χ1v) is 6.66. The van der Waals surface area contributed by atoms with Gasteiger partial charge in [-0.1, -0.05) is 0 Å². The fraction of sp³-hybridized carbons (Fsp3) is 0.357. The Hall–Kier alpha value is -2.21. The van der Waals surface area contributed by atoms with Gasteiger partial charge in [0.2, 0.25) is 0 Å². The monoisotopic (exact) mass is 272 g/mol. The highest BCUT2D eigenvalue weighted by Crippen LogP contribution is 2.15. The third-order valence-electron chi connectivity index (χ3n) is 3.48. The Labute approximate surface area is 116 Å². The van der Waals surface area contributed by atoms with Crippen LogP contribution < -0.4 is 0 Å². The van der Waals surface area contributed by atoms with Crippen LogP contribution in [-0.2, 0) is 0 Å². The van der Waals surface area contributed by atoms with Crippen molar-refractivity contribution in [1.29, 1.82) is 0 Å². The molecule has 0 aliphatic carbocycles. The van der Waals surface area contributed by atoms with Crippen molar-refractivity contribution in [3.05, 3.63) is 42.5 Å². The topological polar surface area (TPSA) is 71.2 Å². The number of amides is 1. The lowest BCUT2D eigenvalue weighted by Crippen LogP contribution is -2.42. The van der Waals surface area contributed by atoms with Crippen molar-refractivity contribution in [2.24, 2.45) is 0 Å². The smallest absolute Gasteiger partial charge is 0.253 e. The van der Waals surface area contributed by atoms with Gasteiger partial charge in [0.1, 0.15) is 12.7 Å². The van der Waals surface area contributed by atoms with Crippen molar-refractivity contribution in [3.8, 4) is 5.69 Å². The van der Waals surface area contributed by atoms with E-state index in [2.05, 4.69) is 10.1 Å². The number of aliphatic hydroxyl groups is 1. The van der Waals surface area contributed by atoms with E-state index in [1.165, 1.54) is 6.33 Å². The van der Waals surface area contributed by atoms with Crippen LogP contribution in [-0.4, -0.2) is 49.9 Å². The molecule has 0 bridgehead atoms. The average Bonchev–Trinajstić information content (AvgIpc) is 3.01. The molecular weight excluding hydrogens is 256 g/mol. The zero-order valence-corrected chi connectivity index (χ0v) is 11.0. The zero-order chi connectivity index (χ0) is 13.9. The number of likely N-dealkylation sites (tertiary alicyclic amines) is 1. The molecule has 0 spiro atoms. The zero-order valence-electron chi connectivity index (χ0n) is 11.0. The molecule has 0 saturated carbocycles. The van der Waals surface area contributed by atoms with Crippen molar-refractivity contribution in [1.82, 2.24) is 19.7 Å². The van der Waals surface area contributed by atoms with Crippen molar-refractivity contribution >= 4 is 5.91 Å². The van der Waals surface area contributed by atoms with Gasteiger partial charge in [-0.3, -0.25) is 4.79 Å². The minimum Gasteiger partial charge on any atom is -0.391 e. The van der Waals surface area contributed by atoms with Crippen LogP contribution in [0.2, 0.25) is 0 Å². The molecule has 104 valence electrons. The lowest BCUT2D eigenvalue weighted by molar-refractivity contribution is 0.0474. The van der Waals surface area contributed by atoms with Crippen LogP contribution in [0.4, 0.5) is 0 Å². The van der Waals surface area contributed by atoms with Crippen molar-refractivity contribution < 1.29 is 9.90 Å². The number of hydrogen-bond acceptors (Lipinski definition) is 4. The summed E-state index contributed by atoms with van der Waals surface area (Å²) < 4.78 is 1.64. The molecule has 1 aliphatic rings. The van der Waals surface area contributed by atoms with Crippen molar-refractivity contribution in [3.63, 3.8) is 0 Å². The molecule has 3 rings (SSSR count). The molecule has 2 heterocycles. The molecule has 20 heavy (non-hydrogen) atoms.